The molecule has 0 amide bonds. The molecule has 10 atom stereocenters. The van der Waals surface area contributed by atoms with Gasteiger partial charge in [0.1, 0.15) is 0 Å². The van der Waals surface area contributed by atoms with Crippen LogP contribution in [0.4, 0.5) is 0 Å². The van der Waals surface area contributed by atoms with E-state index in [2.05, 4.69) is 48.5 Å². The van der Waals surface area contributed by atoms with E-state index < -0.39 is 22.5 Å². The molecule has 0 saturated heterocycles. The van der Waals surface area contributed by atoms with E-state index in [-0.39, 0.29) is 39.7 Å². The van der Waals surface area contributed by atoms with Crippen LogP contribution in [0.3, 0.4) is 0 Å². The molecule has 0 bridgehead atoms. The third-order valence-electron chi connectivity index (χ3n) is 14.0. The second-order valence-corrected chi connectivity index (χ2v) is 15.9. The van der Waals surface area contributed by atoms with E-state index in [0.717, 1.165) is 44.9 Å². The Morgan fingerprint density at radius 2 is 1.39 bits per heavy atom. The van der Waals surface area contributed by atoms with Crippen molar-refractivity contribution < 1.29 is 24.9 Å². The summed E-state index contributed by atoms with van der Waals surface area (Å²) in [5.41, 5.74) is -2.76. The Morgan fingerprint density at radius 1 is 0.750 bits per heavy atom. The smallest absolute Gasteiger partial charge is 0.314 e. The molecule has 0 unspecified atom stereocenters. The number of rotatable bonds is 1. The molecule has 36 heavy (non-hydrogen) atoms. The first kappa shape index (κ1) is 26.9. The first-order valence-corrected chi connectivity index (χ1v) is 14.6. The van der Waals surface area contributed by atoms with Gasteiger partial charge in [0.05, 0.1) is 30.3 Å². The predicted molar refractivity (Wildman–Crippen MR) is 140 cm³/mol. The Bertz CT molecular complexity index is 928. The number of ether oxygens (including phenoxy) is 1. The number of aliphatic hydroxyl groups is 3. The Kier molecular flexibility index (Phi) is 5.78. The van der Waals surface area contributed by atoms with E-state index in [9.17, 15) is 20.1 Å². The molecule has 206 valence electrons. The second-order valence-electron chi connectivity index (χ2n) is 15.9. The highest BCUT2D eigenvalue weighted by Gasteiger charge is 2.78. The van der Waals surface area contributed by atoms with Gasteiger partial charge in [-0.1, -0.05) is 48.5 Å². The molecule has 0 aliphatic heterocycles. The monoisotopic (exact) mass is 504 g/mol. The second kappa shape index (κ2) is 7.72. The van der Waals surface area contributed by atoms with Crippen molar-refractivity contribution >= 4 is 5.97 Å². The summed E-state index contributed by atoms with van der Waals surface area (Å²) in [5.74, 6) is 0.202. The number of carbonyl (C=O) groups excluding carboxylic acids is 1. The summed E-state index contributed by atoms with van der Waals surface area (Å²) in [6.45, 7) is 16.1. The molecule has 3 N–H and O–H groups in total. The minimum atomic E-state index is -1.03. The van der Waals surface area contributed by atoms with Crippen LogP contribution in [-0.4, -0.2) is 46.2 Å². The fourth-order valence-electron chi connectivity index (χ4n) is 11.6. The van der Waals surface area contributed by atoms with Gasteiger partial charge in [0.2, 0.25) is 0 Å². The fraction of sp³-hybridized carbons (Fsp3) is 0.968. The number of fused-ring (bicyclic) bond motifs is 7. The van der Waals surface area contributed by atoms with E-state index >= 15 is 0 Å². The molecule has 0 radical (unpaired) electrons. The maximum atomic E-state index is 13.5. The summed E-state index contributed by atoms with van der Waals surface area (Å²) >= 11 is 0. The van der Waals surface area contributed by atoms with E-state index in [0.29, 0.717) is 31.1 Å². The van der Waals surface area contributed by atoms with E-state index in [1.54, 1.807) is 0 Å². The maximum Gasteiger partial charge on any atom is 0.314 e. The zero-order valence-electron chi connectivity index (χ0n) is 24.1. The van der Waals surface area contributed by atoms with Gasteiger partial charge in [0, 0.05) is 11.3 Å². The lowest BCUT2D eigenvalue weighted by molar-refractivity contribution is -0.330. The minimum Gasteiger partial charge on any atom is -0.469 e. The number of hydrogen-bond donors (Lipinski definition) is 3. The number of hydrogen-bond acceptors (Lipinski definition) is 5. The highest BCUT2D eigenvalue weighted by atomic mass is 16.5. The van der Waals surface area contributed by atoms with Gasteiger partial charge in [0.25, 0.3) is 0 Å². The molecular formula is C31H52O5. The molecule has 5 saturated carbocycles. The topological polar surface area (TPSA) is 87.0 Å². The van der Waals surface area contributed by atoms with Crippen LogP contribution in [0.25, 0.3) is 0 Å². The molecule has 0 aromatic carbocycles. The van der Waals surface area contributed by atoms with Crippen LogP contribution in [0.5, 0.6) is 0 Å². The van der Waals surface area contributed by atoms with Crippen molar-refractivity contribution in [3.05, 3.63) is 0 Å². The molecule has 5 rings (SSSR count). The van der Waals surface area contributed by atoms with Gasteiger partial charge in [-0.05, 0) is 97.7 Å². The molecule has 5 fully saturated rings. The van der Waals surface area contributed by atoms with E-state index in [1.165, 1.54) is 7.11 Å². The van der Waals surface area contributed by atoms with Crippen molar-refractivity contribution in [1.29, 1.82) is 0 Å². The normalized spacial score (nSPS) is 55.4. The lowest BCUT2D eigenvalue weighted by Gasteiger charge is -2.76. The van der Waals surface area contributed by atoms with Crippen LogP contribution >= 0.6 is 0 Å². The lowest BCUT2D eigenvalue weighted by atomic mass is 9.30. The van der Waals surface area contributed by atoms with Crippen LogP contribution in [0.15, 0.2) is 0 Å². The SMILES string of the molecule is COC(=O)[C@]12CCC(C)(C)C[C@H]1[C@@]1(O)CC[C@@H]3[C@@]4(C)CC[C@H](O)C(C)(C)[C@@H]4CC[C@@]3(C)[C@]1(C)C[C@H]2O. The molecule has 0 heterocycles. The van der Waals surface area contributed by atoms with Gasteiger partial charge in [-0.2, -0.15) is 0 Å². The maximum absolute atomic E-state index is 13.5. The fourth-order valence-corrected chi connectivity index (χ4v) is 11.6. The zero-order valence-corrected chi connectivity index (χ0v) is 24.1. The summed E-state index contributed by atoms with van der Waals surface area (Å²) in [7, 11) is 1.43. The minimum absolute atomic E-state index is 0.000807. The Labute approximate surface area is 218 Å². The van der Waals surface area contributed by atoms with Crippen LogP contribution in [-0.2, 0) is 9.53 Å². The molecule has 5 heteroatoms. The van der Waals surface area contributed by atoms with Gasteiger partial charge in [-0.3, -0.25) is 4.79 Å². The van der Waals surface area contributed by atoms with Crippen molar-refractivity contribution in [2.24, 2.45) is 50.2 Å². The third-order valence-corrected chi connectivity index (χ3v) is 14.0. The molecular weight excluding hydrogens is 452 g/mol. The highest BCUT2D eigenvalue weighted by Crippen LogP contribution is 2.78. The van der Waals surface area contributed by atoms with Gasteiger partial charge in [0.15, 0.2) is 0 Å². The summed E-state index contributed by atoms with van der Waals surface area (Å²) in [5, 5.41) is 35.8. The first-order valence-electron chi connectivity index (χ1n) is 14.6. The standard InChI is InChI=1S/C31H52O5/c1-25(2)15-16-30(24(34)36-8)21(17-25)31(35)14-10-20-27(5)12-11-22(32)26(3,4)19(27)9-13-28(20,6)29(31,7)18-23(30)33/h19-23,32-33,35H,9-18H2,1-8H3/t19-,20+,21+,22-,23+,27-,28+,29-,30+,31-/m0/s1. The number of esters is 1. The van der Waals surface area contributed by atoms with Gasteiger partial charge in [-0.15, -0.1) is 0 Å². The summed E-state index contributed by atoms with van der Waals surface area (Å²) in [6.07, 6.45) is 6.98. The van der Waals surface area contributed by atoms with Gasteiger partial charge in [-0.25, -0.2) is 0 Å². The lowest BCUT2D eigenvalue weighted by Crippen LogP contribution is -2.77. The third kappa shape index (κ3) is 2.97. The predicted octanol–water partition coefficient (Wildman–Crippen LogP) is 5.49. The molecule has 0 aromatic heterocycles. The van der Waals surface area contributed by atoms with Crippen molar-refractivity contribution in [2.45, 2.75) is 130 Å². The van der Waals surface area contributed by atoms with Crippen LogP contribution < -0.4 is 0 Å². The summed E-state index contributed by atoms with van der Waals surface area (Å²) in [4.78, 5) is 13.5. The molecule has 0 aromatic rings. The summed E-state index contributed by atoms with van der Waals surface area (Å²) in [6, 6.07) is 0. The highest BCUT2D eigenvalue weighted by molar-refractivity contribution is 5.79. The zero-order chi connectivity index (χ0) is 26.7. The largest absolute Gasteiger partial charge is 0.469 e. The van der Waals surface area contributed by atoms with Crippen molar-refractivity contribution in [1.82, 2.24) is 0 Å². The van der Waals surface area contributed by atoms with Crippen molar-refractivity contribution in [3.63, 3.8) is 0 Å². The first-order chi connectivity index (χ1) is 16.5. The van der Waals surface area contributed by atoms with Crippen LogP contribution in [0.1, 0.15) is 113 Å². The van der Waals surface area contributed by atoms with Crippen LogP contribution in [0, 0.1) is 50.2 Å². The average molecular weight is 505 g/mol. The Morgan fingerprint density at radius 3 is 2.03 bits per heavy atom. The Hall–Kier alpha value is -0.650. The van der Waals surface area contributed by atoms with E-state index in [4.69, 9.17) is 4.74 Å². The molecule has 0 spiro atoms. The quantitative estimate of drug-likeness (QED) is 0.411. The molecule has 5 aliphatic carbocycles. The Balaban J connectivity index is 1.63. The number of methoxy groups -OCH3 is 1. The summed E-state index contributed by atoms with van der Waals surface area (Å²) < 4.78 is 5.36. The van der Waals surface area contributed by atoms with Crippen molar-refractivity contribution in [3.8, 4) is 0 Å². The number of carbonyl (C=O) groups is 1. The van der Waals surface area contributed by atoms with Gasteiger partial charge < -0.3 is 20.1 Å². The van der Waals surface area contributed by atoms with Gasteiger partial charge >= 0.3 is 5.97 Å². The van der Waals surface area contributed by atoms with E-state index in [1.807, 2.05) is 0 Å². The average Bonchev–Trinajstić information content (AvgIpc) is 2.78. The molecule has 5 nitrogen and oxygen atoms in total. The van der Waals surface area contributed by atoms with Crippen molar-refractivity contribution in [2.75, 3.05) is 7.11 Å². The van der Waals surface area contributed by atoms with Crippen LogP contribution in [0.2, 0.25) is 0 Å². The molecule has 5 aliphatic rings. The number of aliphatic hydroxyl groups excluding tert-OH is 2.